The monoisotopic (exact) mass is 454 g/mol. The zero-order valence-corrected chi connectivity index (χ0v) is 19.1. The second kappa shape index (κ2) is 9.77. The van der Waals surface area contributed by atoms with Crippen LogP contribution in [0.3, 0.4) is 0 Å². The third-order valence-corrected chi connectivity index (χ3v) is 8.10. The van der Waals surface area contributed by atoms with Gasteiger partial charge in [0.15, 0.2) is 0 Å². The highest BCUT2D eigenvalue weighted by Gasteiger charge is 2.34. The van der Waals surface area contributed by atoms with Gasteiger partial charge in [-0.3, -0.25) is 4.57 Å². The van der Waals surface area contributed by atoms with Crippen LogP contribution in [0.4, 0.5) is 5.69 Å². The molecule has 2 aliphatic rings. The van der Waals surface area contributed by atoms with Crippen LogP contribution in [-0.4, -0.2) is 27.5 Å². The summed E-state index contributed by atoms with van der Waals surface area (Å²) in [7, 11) is -4.23. The summed E-state index contributed by atoms with van der Waals surface area (Å²) in [6.07, 6.45) is 6.54. The zero-order chi connectivity index (χ0) is 22.7. The van der Waals surface area contributed by atoms with Crippen molar-refractivity contribution in [1.29, 1.82) is 5.26 Å². The summed E-state index contributed by atoms with van der Waals surface area (Å²) in [5.74, 6) is 0.313. The highest BCUT2D eigenvalue weighted by Crippen LogP contribution is 2.38. The Hall–Kier alpha value is -2.16. The molecule has 0 spiro atoms. The number of aryl methyl sites for hydroxylation is 1. The molecule has 1 heterocycles. The molecule has 1 aliphatic heterocycles. The number of rotatable bonds is 7. The van der Waals surface area contributed by atoms with Crippen molar-refractivity contribution in [2.24, 2.45) is 11.8 Å². The molecule has 0 amide bonds. The van der Waals surface area contributed by atoms with Gasteiger partial charge in [0.1, 0.15) is 0 Å². The first-order valence-electron chi connectivity index (χ1n) is 11.5. The average molecular weight is 455 g/mol. The minimum Gasteiger partial charge on any atom is -0.388 e. The first kappa shape index (κ1) is 23.0. The molecule has 3 unspecified atom stereocenters. The third-order valence-electron chi connectivity index (χ3n) is 7.13. The lowest BCUT2D eigenvalue weighted by molar-refractivity contribution is 0.111. The number of hydrogen-bond acceptors (Lipinski definition) is 4. The van der Waals surface area contributed by atoms with Gasteiger partial charge in [-0.1, -0.05) is 37.1 Å². The molecule has 0 aromatic heterocycles. The molecule has 3 N–H and O–H groups in total. The van der Waals surface area contributed by atoms with E-state index in [0.717, 1.165) is 55.5 Å². The highest BCUT2D eigenvalue weighted by molar-refractivity contribution is 7.60. The fourth-order valence-corrected chi connectivity index (χ4v) is 5.80. The van der Waals surface area contributed by atoms with Crippen molar-refractivity contribution in [2.45, 2.75) is 57.1 Å². The van der Waals surface area contributed by atoms with Crippen LogP contribution in [0.1, 0.15) is 55.8 Å². The summed E-state index contributed by atoms with van der Waals surface area (Å²) in [4.78, 5) is 20.9. The van der Waals surface area contributed by atoms with E-state index in [1.54, 1.807) is 12.1 Å². The minimum absolute atomic E-state index is 0.0264. The topological polar surface area (TPSA) is 105 Å². The number of nitriles is 1. The Balaban J connectivity index is 1.44. The third kappa shape index (κ3) is 5.08. The Labute approximate surface area is 189 Å². The zero-order valence-electron chi connectivity index (χ0n) is 18.2. The van der Waals surface area contributed by atoms with Crippen LogP contribution >= 0.6 is 7.60 Å². The van der Waals surface area contributed by atoms with Crippen molar-refractivity contribution in [2.75, 3.05) is 11.4 Å². The van der Waals surface area contributed by atoms with Crippen molar-refractivity contribution in [3.8, 4) is 6.07 Å². The summed E-state index contributed by atoms with van der Waals surface area (Å²) < 4.78 is 11.4. The van der Waals surface area contributed by atoms with Gasteiger partial charge < -0.3 is 19.8 Å². The number of hydrogen-bond donors (Lipinski definition) is 3. The van der Waals surface area contributed by atoms with Crippen molar-refractivity contribution in [1.82, 2.24) is 0 Å². The fourth-order valence-electron chi connectivity index (χ4n) is 5.26. The van der Waals surface area contributed by atoms with Gasteiger partial charge in [-0.15, -0.1) is 0 Å². The van der Waals surface area contributed by atoms with Gasteiger partial charge in [0.25, 0.3) is 0 Å². The van der Waals surface area contributed by atoms with Crippen LogP contribution in [0.5, 0.6) is 0 Å². The molecule has 2 fully saturated rings. The molecule has 1 aliphatic carbocycles. The summed E-state index contributed by atoms with van der Waals surface area (Å²) in [6.45, 7) is 0.824. The van der Waals surface area contributed by atoms with Crippen molar-refractivity contribution in [3.63, 3.8) is 0 Å². The lowest BCUT2D eigenvalue weighted by Gasteiger charge is -2.29. The molecule has 7 heteroatoms. The van der Waals surface area contributed by atoms with Crippen LogP contribution in [-0.2, 0) is 11.0 Å². The van der Waals surface area contributed by atoms with Gasteiger partial charge >= 0.3 is 7.60 Å². The first-order valence-corrected chi connectivity index (χ1v) is 13.1. The van der Waals surface area contributed by atoms with E-state index in [4.69, 9.17) is 0 Å². The lowest BCUT2D eigenvalue weighted by Crippen LogP contribution is -2.33. The SMILES string of the molecule is N#CC1CCN(c2ccc(C(O)C3CCCC3)cc2)C1CCc1ccc(P(=O)(O)O)cc1. The number of aliphatic hydroxyl groups is 1. The summed E-state index contributed by atoms with van der Waals surface area (Å²) in [6, 6.07) is 17.2. The van der Waals surface area contributed by atoms with Crippen molar-refractivity contribution < 1.29 is 19.5 Å². The number of anilines is 1. The standard InChI is InChI=1S/C25H31N2O4P/c26-17-21-15-16-27(22-10-8-20(9-11-22)25(28)19-3-1-2-4-19)24(21)14-7-18-5-12-23(13-6-18)32(29,30)31/h5-6,8-13,19,21,24-25,28H,1-4,7,14-16H2,(H2,29,30,31). The van der Waals surface area contributed by atoms with E-state index in [1.165, 1.54) is 25.0 Å². The molecule has 0 bridgehead atoms. The minimum atomic E-state index is -4.23. The van der Waals surface area contributed by atoms with Crippen LogP contribution in [0, 0.1) is 23.2 Å². The molecule has 4 rings (SSSR count). The number of aliphatic hydroxyl groups excluding tert-OH is 1. The first-order chi connectivity index (χ1) is 15.4. The molecule has 170 valence electrons. The molecule has 1 saturated carbocycles. The van der Waals surface area contributed by atoms with E-state index >= 15 is 0 Å². The molecule has 2 aromatic carbocycles. The van der Waals surface area contributed by atoms with Gasteiger partial charge in [-0.2, -0.15) is 5.26 Å². The van der Waals surface area contributed by atoms with Crippen molar-refractivity contribution in [3.05, 3.63) is 59.7 Å². The normalized spacial score (nSPS) is 22.8. The van der Waals surface area contributed by atoms with Gasteiger partial charge in [-0.05, 0) is 73.4 Å². The predicted octanol–water partition coefficient (Wildman–Crippen LogP) is 4.06. The molecule has 0 radical (unpaired) electrons. The van der Waals surface area contributed by atoms with Gasteiger partial charge in [0.05, 0.1) is 23.4 Å². The number of benzene rings is 2. The summed E-state index contributed by atoms with van der Waals surface area (Å²) in [5.41, 5.74) is 3.05. The van der Waals surface area contributed by atoms with Gasteiger partial charge in [0.2, 0.25) is 0 Å². The Morgan fingerprint density at radius 1 is 1.03 bits per heavy atom. The average Bonchev–Trinajstić information content (AvgIpc) is 3.47. The molecule has 6 nitrogen and oxygen atoms in total. The Morgan fingerprint density at radius 2 is 1.69 bits per heavy atom. The second-order valence-electron chi connectivity index (χ2n) is 9.12. The van der Waals surface area contributed by atoms with E-state index in [0.29, 0.717) is 5.92 Å². The van der Waals surface area contributed by atoms with Crippen LogP contribution in [0.15, 0.2) is 48.5 Å². The highest BCUT2D eigenvalue weighted by atomic mass is 31.2. The Morgan fingerprint density at radius 3 is 2.28 bits per heavy atom. The molecular formula is C25H31N2O4P. The maximum Gasteiger partial charge on any atom is 0.356 e. The molecular weight excluding hydrogens is 423 g/mol. The largest absolute Gasteiger partial charge is 0.388 e. The molecule has 1 saturated heterocycles. The van der Waals surface area contributed by atoms with E-state index in [-0.39, 0.29) is 17.3 Å². The maximum atomic E-state index is 11.4. The fraction of sp³-hybridized carbons (Fsp3) is 0.480. The summed E-state index contributed by atoms with van der Waals surface area (Å²) in [5, 5.41) is 20.4. The van der Waals surface area contributed by atoms with Crippen LogP contribution in [0.25, 0.3) is 0 Å². The maximum absolute atomic E-state index is 11.4. The lowest BCUT2D eigenvalue weighted by atomic mass is 9.93. The molecule has 2 aromatic rings. The van der Waals surface area contributed by atoms with E-state index in [9.17, 15) is 24.7 Å². The van der Waals surface area contributed by atoms with E-state index in [1.807, 2.05) is 12.1 Å². The predicted molar refractivity (Wildman–Crippen MR) is 125 cm³/mol. The van der Waals surface area contributed by atoms with Crippen LogP contribution < -0.4 is 10.2 Å². The number of nitrogens with zero attached hydrogens (tertiary/aromatic N) is 2. The van der Waals surface area contributed by atoms with Gasteiger partial charge in [-0.25, -0.2) is 0 Å². The smallest absolute Gasteiger partial charge is 0.356 e. The Bertz CT molecular complexity index is 990. The molecule has 32 heavy (non-hydrogen) atoms. The second-order valence-corrected chi connectivity index (χ2v) is 10.7. The Kier molecular flexibility index (Phi) is 7.02. The van der Waals surface area contributed by atoms with E-state index in [2.05, 4.69) is 23.1 Å². The van der Waals surface area contributed by atoms with Crippen LogP contribution in [0.2, 0.25) is 0 Å². The summed E-state index contributed by atoms with van der Waals surface area (Å²) >= 11 is 0. The van der Waals surface area contributed by atoms with Crippen molar-refractivity contribution >= 4 is 18.6 Å². The quantitative estimate of drug-likeness (QED) is 0.545. The van der Waals surface area contributed by atoms with E-state index < -0.39 is 13.7 Å². The van der Waals surface area contributed by atoms with Gasteiger partial charge in [0, 0.05) is 18.3 Å². The molecule has 3 atom stereocenters.